The number of hydrogen-bond donors (Lipinski definition) is 0. The van der Waals surface area contributed by atoms with Gasteiger partial charge in [-0.25, -0.2) is 4.98 Å². The second-order valence-electron chi connectivity index (χ2n) is 4.23. The fourth-order valence-corrected chi connectivity index (χ4v) is 2.24. The summed E-state index contributed by atoms with van der Waals surface area (Å²) in [6.45, 7) is 0. The molecule has 0 aliphatic heterocycles. The third kappa shape index (κ3) is 2.19. The lowest BCUT2D eigenvalue weighted by molar-refractivity contribution is 1.39. The molecule has 0 aliphatic carbocycles. The van der Waals surface area contributed by atoms with E-state index in [0.29, 0.717) is 5.02 Å². The molecule has 0 aliphatic rings. The van der Waals surface area contributed by atoms with Gasteiger partial charge in [-0.2, -0.15) is 0 Å². The summed E-state index contributed by atoms with van der Waals surface area (Å²) in [6, 6.07) is 17.5. The summed E-state index contributed by atoms with van der Waals surface area (Å²) in [7, 11) is 0. The van der Waals surface area contributed by atoms with Crippen LogP contribution in [0.1, 0.15) is 5.56 Å². The van der Waals surface area contributed by atoms with Gasteiger partial charge in [-0.1, -0.05) is 53.9 Å². The first kappa shape index (κ1) is 11.8. The zero-order chi connectivity index (χ0) is 13.2. The quantitative estimate of drug-likeness (QED) is 0.588. The van der Waals surface area contributed by atoms with Crippen molar-refractivity contribution >= 4 is 22.5 Å². The number of halogens is 1. The summed E-state index contributed by atoms with van der Waals surface area (Å²) in [5, 5.41) is 1.61. The maximum atomic E-state index is 6.02. The molecule has 0 saturated carbocycles. The van der Waals surface area contributed by atoms with E-state index in [1.54, 1.807) is 0 Å². The smallest absolute Gasteiger partial charge is 0.0736 e. The highest BCUT2D eigenvalue weighted by molar-refractivity contribution is 6.31. The predicted octanol–water partition coefficient (Wildman–Crippen LogP) is 4.54. The molecule has 0 saturated heterocycles. The Bertz CT molecular complexity index is 785. The Morgan fingerprint density at radius 1 is 1.00 bits per heavy atom. The number of terminal acetylenes is 1. The third-order valence-electron chi connectivity index (χ3n) is 3.00. The van der Waals surface area contributed by atoms with Crippen LogP contribution in [0.3, 0.4) is 0 Å². The van der Waals surface area contributed by atoms with Gasteiger partial charge in [0, 0.05) is 21.5 Å². The molecule has 3 rings (SSSR count). The number of rotatable bonds is 1. The number of pyridine rings is 1. The normalized spacial score (nSPS) is 10.3. The molecule has 0 unspecified atom stereocenters. The average molecular weight is 264 g/mol. The molecular formula is C17H10ClN. The summed E-state index contributed by atoms with van der Waals surface area (Å²) >= 11 is 6.02. The van der Waals surface area contributed by atoms with Crippen molar-refractivity contribution in [2.24, 2.45) is 0 Å². The van der Waals surface area contributed by atoms with Crippen LogP contribution < -0.4 is 0 Å². The van der Waals surface area contributed by atoms with Crippen LogP contribution in [0.4, 0.5) is 0 Å². The molecule has 0 fully saturated rings. The van der Waals surface area contributed by atoms with Crippen molar-refractivity contribution in [1.29, 1.82) is 0 Å². The molecule has 0 atom stereocenters. The summed E-state index contributed by atoms with van der Waals surface area (Å²) in [4.78, 5) is 4.63. The molecule has 3 aromatic rings. The van der Waals surface area contributed by atoms with E-state index in [9.17, 15) is 0 Å². The van der Waals surface area contributed by atoms with Gasteiger partial charge in [0.15, 0.2) is 0 Å². The van der Waals surface area contributed by atoms with E-state index < -0.39 is 0 Å². The first-order valence-electron chi connectivity index (χ1n) is 5.90. The molecule has 0 N–H and O–H groups in total. The molecule has 1 nitrogen and oxygen atoms in total. The Morgan fingerprint density at radius 2 is 1.79 bits per heavy atom. The van der Waals surface area contributed by atoms with Gasteiger partial charge < -0.3 is 0 Å². The van der Waals surface area contributed by atoms with E-state index in [4.69, 9.17) is 18.0 Å². The minimum absolute atomic E-state index is 0.660. The molecule has 0 amide bonds. The highest BCUT2D eigenvalue weighted by Crippen LogP contribution is 2.26. The summed E-state index contributed by atoms with van der Waals surface area (Å²) in [6.07, 6.45) is 5.59. The van der Waals surface area contributed by atoms with Gasteiger partial charge in [-0.05, 0) is 18.2 Å². The highest BCUT2D eigenvalue weighted by atomic mass is 35.5. The van der Waals surface area contributed by atoms with E-state index >= 15 is 0 Å². The topological polar surface area (TPSA) is 12.9 Å². The van der Waals surface area contributed by atoms with Gasteiger partial charge in [0.25, 0.3) is 0 Å². The summed E-state index contributed by atoms with van der Waals surface area (Å²) in [5.74, 6) is 2.72. The minimum Gasteiger partial charge on any atom is -0.248 e. The van der Waals surface area contributed by atoms with E-state index in [2.05, 4.69) is 10.9 Å². The molecule has 90 valence electrons. The number of aromatic nitrogens is 1. The SMILES string of the molecule is C#Cc1cc(-c2ccccc2)nc2cc(Cl)ccc12. The van der Waals surface area contributed by atoms with Crippen molar-refractivity contribution in [2.75, 3.05) is 0 Å². The third-order valence-corrected chi connectivity index (χ3v) is 3.23. The molecular weight excluding hydrogens is 254 g/mol. The van der Waals surface area contributed by atoms with Crippen LogP contribution in [-0.4, -0.2) is 4.98 Å². The lowest BCUT2D eigenvalue weighted by atomic mass is 10.0. The van der Waals surface area contributed by atoms with Crippen molar-refractivity contribution in [3.05, 3.63) is 65.2 Å². The van der Waals surface area contributed by atoms with Crippen molar-refractivity contribution in [1.82, 2.24) is 4.98 Å². The molecule has 1 heterocycles. The highest BCUT2D eigenvalue weighted by Gasteiger charge is 2.06. The zero-order valence-corrected chi connectivity index (χ0v) is 10.9. The monoisotopic (exact) mass is 263 g/mol. The van der Waals surface area contributed by atoms with Crippen LogP contribution in [0.15, 0.2) is 54.6 Å². The Balaban J connectivity index is 2.31. The van der Waals surface area contributed by atoms with Crippen LogP contribution >= 0.6 is 11.6 Å². The predicted molar refractivity (Wildman–Crippen MR) is 80.1 cm³/mol. The molecule has 0 spiro atoms. The number of nitrogens with zero attached hydrogens (tertiary/aromatic N) is 1. The Morgan fingerprint density at radius 3 is 2.53 bits per heavy atom. The lowest BCUT2D eigenvalue weighted by Gasteiger charge is -2.06. The second-order valence-corrected chi connectivity index (χ2v) is 4.66. The van der Waals surface area contributed by atoms with Gasteiger partial charge in [0.05, 0.1) is 11.2 Å². The lowest BCUT2D eigenvalue weighted by Crippen LogP contribution is -1.89. The zero-order valence-electron chi connectivity index (χ0n) is 10.1. The van der Waals surface area contributed by atoms with Gasteiger partial charge in [0.2, 0.25) is 0 Å². The van der Waals surface area contributed by atoms with Gasteiger partial charge in [0.1, 0.15) is 0 Å². The summed E-state index contributed by atoms with van der Waals surface area (Å²) < 4.78 is 0. The van der Waals surface area contributed by atoms with E-state index in [-0.39, 0.29) is 0 Å². The largest absolute Gasteiger partial charge is 0.248 e. The van der Waals surface area contributed by atoms with Crippen LogP contribution in [0.25, 0.3) is 22.2 Å². The fraction of sp³-hybridized carbons (Fsp3) is 0. The molecule has 0 bridgehead atoms. The van der Waals surface area contributed by atoms with Crippen molar-refractivity contribution in [3.8, 4) is 23.6 Å². The molecule has 2 aromatic carbocycles. The van der Waals surface area contributed by atoms with Crippen LogP contribution in [0, 0.1) is 12.3 Å². The molecule has 2 heteroatoms. The Hall–Kier alpha value is -2.30. The van der Waals surface area contributed by atoms with Crippen LogP contribution in [0.2, 0.25) is 5.02 Å². The molecule has 19 heavy (non-hydrogen) atoms. The molecule has 0 radical (unpaired) electrons. The van der Waals surface area contributed by atoms with Crippen molar-refractivity contribution in [3.63, 3.8) is 0 Å². The summed E-state index contributed by atoms with van der Waals surface area (Å²) in [5.41, 5.74) is 3.56. The number of benzene rings is 2. The van der Waals surface area contributed by atoms with Crippen LogP contribution in [0.5, 0.6) is 0 Å². The Labute approximate surface area is 116 Å². The van der Waals surface area contributed by atoms with E-state index in [1.165, 1.54) is 0 Å². The fourth-order valence-electron chi connectivity index (χ4n) is 2.08. The minimum atomic E-state index is 0.660. The molecule has 1 aromatic heterocycles. The van der Waals surface area contributed by atoms with Gasteiger partial charge >= 0.3 is 0 Å². The van der Waals surface area contributed by atoms with Crippen molar-refractivity contribution < 1.29 is 0 Å². The average Bonchev–Trinajstić information content (AvgIpc) is 2.46. The maximum absolute atomic E-state index is 6.02. The first-order chi connectivity index (χ1) is 9.28. The van der Waals surface area contributed by atoms with Gasteiger partial charge in [-0.15, -0.1) is 6.42 Å². The first-order valence-corrected chi connectivity index (χ1v) is 6.28. The Kier molecular flexibility index (Phi) is 2.95. The van der Waals surface area contributed by atoms with Gasteiger partial charge in [-0.3, -0.25) is 0 Å². The van der Waals surface area contributed by atoms with E-state index in [1.807, 2.05) is 54.6 Å². The second kappa shape index (κ2) is 4.76. The van der Waals surface area contributed by atoms with Crippen LogP contribution in [-0.2, 0) is 0 Å². The number of fused-ring (bicyclic) bond motifs is 1. The standard InChI is InChI=1S/C17H10ClN/c1-2-12-10-16(13-6-4-3-5-7-13)19-17-11-14(18)8-9-15(12)17/h1,3-11H. The van der Waals surface area contributed by atoms with E-state index in [0.717, 1.165) is 27.7 Å². The number of hydrogen-bond acceptors (Lipinski definition) is 1. The van der Waals surface area contributed by atoms with Crippen molar-refractivity contribution in [2.45, 2.75) is 0 Å². The maximum Gasteiger partial charge on any atom is 0.0736 e.